The third-order valence-electron chi connectivity index (χ3n) is 4.75. The van der Waals surface area contributed by atoms with E-state index < -0.39 is 11.7 Å². The summed E-state index contributed by atoms with van der Waals surface area (Å²) in [5.41, 5.74) is -0.346. The van der Waals surface area contributed by atoms with E-state index in [1.54, 1.807) is 6.07 Å². The molecule has 1 N–H and O–H groups in total. The van der Waals surface area contributed by atoms with Crippen LogP contribution in [0.1, 0.15) is 50.2 Å². The second kappa shape index (κ2) is 8.36. The number of nitrogens with one attached hydrogen (secondary N) is 1. The molecule has 0 saturated heterocycles. The zero-order valence-electron chi connectivity index (χ0n) is 13.9. The SMILES string of the molecule is CCC1CCC(CNC(=O)/C=C/c2cccc(C(F)(F)F)c2)CC1. The molecule has 2 rings (SSSR count). The quantitative estimate of drug-likeness (QED) is 0.747. The molecule has 1 fully saturated rings. The predicted octanol–water partition coefficient (Wildman–Crippen LogP) is 5.05. The number of alkyl halides is 3. The highest BCUT2D eigenvalue weighted by molar-refractivity contribution is 5.91. The van der Waals surface area contributed by atoms with Gasteiger partial charge in [0.05, 0.1) is 5.56 Å². The summed E-state index contributed by atoms with van der Waals surface area (Å²) < 4.78 is 37.9. The van der Waals surface area contributed by atoms with Gasteiger partial charge in [-0.25, -0.2) is 0 Å². The molecule has 0 heterocycles. The number of benzene rings is 1. The Bertz CT molecular complexity index is 572. The van der Waals surface area contributed by atoms with E-state index in [-0.39, 0.29) is 5.91 Å². The van der Waals surface area contributed by atoms with Crippen LogP contribution in [0, 0.1) is 11.8 Å². The topological polar surface area (TPSA) is 29.1 Å². The molecule has 1 aliphatic rings. The fraction of sp³-hybridized carbons (Fsp3) is 0.526. The number of halogens is 3. The minimum absolute atomic E-state index is 0.259. The Balaban J connectivity index is 1.81. The van der Waals surface area contributed by atoms with E-state index in [1.807, 2.05) is 0 Å². The highest BCUT2D eigenvalue weighted by Gasteiger charge is 2.30. The Labute approximate surface area is 141 Å². The molecule has 0 bridgehead atoms. The highest BCUT2D eigenvalue weighted by Crippen LogP contribution is 2.30. The van der Waals surface area contributed by atoms with Crippen molar-refractivity contribution in [2.24, 2.45) is 11.8 Å². The Hall–Kier alpha value is -1.78. The van der Waals surface area contributed by atoms with Crippen LogP contribution in [-0.4, -0.2) is 12.5 Å². The lowest BCUT2D eigenvalue weighted by atomic mass is 9.81. The van der Waals surface area contributed by atoms with Gasteiger partial charge in [0.25, 0.3) is 0 Å². The Kier molecular flexibility index (Phi) is 6.46. The Morgan fingerprint density at radius 3 is 2.50 bits per heavy atom. The number of rotatable bonds is 5. The molecule has 1 saturated carbocycles. The number of carbonyl (C=O) groups is 1. The molecule has 132 valence electrons. The maximum atomic E-state index is 12.6. The third-order valence-corrected chi connectivity index (χ3v) is 4.75. The van der Waals surface area contributed by atoms with Crippen LogP contribution in [0.4, 0.5) is 13.2 Å². The second-order valence-corrected chi connectivity index (χ2v) is 6.50. The van der Waals surface area contributed by atoms with Gasteiger partial charge in [-0.1, -0.05) is 38.3 Å². The van der Waals surface area contributed by atoms with Crippen LogP contribution in [-0.2, 0) is 11.0 Å². The predicted molar refractivity (Wildman–Crippen MR) is 89.2 cm³/mol. The average Bonchev–Trinajstić information content (AvgIpc) is 2.58. The van der Waals surface area contributed by atoms with Gasteiger partial charge in [0.15, 0.2) is 0 Å². The van der Waals surface area contributed by atoms with Crippen LogP contribution in [0.3, 0.4) is 0 Å². The van der Waals surface area contributed by atoms with Gasteiger partial charge in [-0.15, -0.1) is 0 Å². The lowest BCUT2D eigenvalue weighted by Gasteiger charge is -2.27. The highest BCUT2D eigenvalue weighted by atomic mass is 19.4. The van der Waals surface area contributed by atoms with Crippen molar-refractivity contribution < 1.29 is 18.0 Å². The largest absolute Gasteiger partial charge is 0.416 e. The minimum atomic E-state index is -4.37. The van der Waals surface area contributed by atoms with Crippen molar-refractivity contribution in [3.05, 3.63) is 41.5 Å². The van der Waals surface area contributed by atoms with E-state index >= 15 is 0 Å². The summed E-state index contributed by atoms with van der Waals surface area (Å²) in [6.45, 7) is 2.85. The summed E-state index contributed by atoms with van der Waals surface area (Å²) in [5.74, 6) is 1.07. The maximum absolute atomic E-state index is 12.6. The van der Waals surface area contributed by atoms with Gasteiger partial charge >= 0.3 is 6.18 Å². The Morgan fingerprint density at radius 2 is 1.88 bits per heavy atom. The van der Waals surface area contributed by atoms with E-state index in [9.17, 15) is 18.0 Å². The van der Waals surface area contributed by atoms with Crippen molar-refractivity contribution in [1.29, 1.82) is 0 Å². The van der Waals surface area contributed by atoms with E-state index in [2.05, 4.69) is 12.2 Å². The molecule has 0 aromatic heterocycles. The molecule has 1 aromatic carbocycles. The van der Waals surface area contributed by atoms with E-state index in [0.29, 0.717) is 18.0 Å². The summed E-state index contributed by atoms with van der Waals surface area (Å²) in [4.78, 5) is 11.8. The molecule has 1 aliphatic carbocycles. The first-order valence-corrected chi connectivity index (χ1v) is 8.51. The first-order chi connectivity index (χ1) is 11.4. The molecule has 2 nitrogen and oxygen atoms in total. The minimum Gasteiger partial charge on any atom is -0.352 e. The molecule has 0 spiro atoms. The smallest absolute Gasteiger partial charge is 0.352 e. The normalized spacial score (nSPS) is 21.8. The first-order valence-electron chi connectivity index (χ1n) is 8.51. The molecule has 0 atom stereocenters. The molecule has 1 aromatic rings. The zero-order chi connectivity index (χ0) is 17.6. The summed E-state index contributed by atoms with van der Waals surface area (Å²) >= 11 is 0. The zero-order valence-corrected chi connectivity index (χ0v) is 13.9. The molecule has 5 heteroatoms. The molecule has 0 radical (unpaired) electrons. The van der Waals surface area contributed by atoms with Crippen molar-refractivity contribution >= 4 is 12.0 Å². The second-order valence-electron chi connectivity index (χ2n) is 6.50. The van der Waals surface area contributed by atoms with E-state index in [1.165, 1.54) is 37.5 Å². The fourth-order valence-corrected chi connectivity index (χ4v) is 3.14. The van der Waals surface area contributed by atoms with Crippen molar-refractivity contribution in [1.82, 2.24) is 5.32 Å². The summed E-state index contributed by atoms with van der Waals surface area (Å²) in [7, 11) is 0. The summed E-state index contributed by atoms with van der Waals surface area (Å²) in [6, 6.07) is 4.94. The van der Waals surface area contributed by atoms with Crippen molar-refractivity contribution in [2.45, 2.75) is 45.2 Å². The van der Waals surface area contributed by atoms with Crippen LogP contribution < -0.4 is 5.32 Å². The van der Waals surface area contributed by atoms with Gasteiger partial charge in [0.2, 0.25) is 5.91 Å². The number of amides is 1. The lowest BCUT2D eigenvalue weighted by Crippen LogP contribution is -2.30. The van der Waals surface area contributed by atoms with Crippen LogP contribution in [0.2, 0.25) is 0 Å². The first kappa shape index (κ1) is 18.6. The molecule has 0 aliphatic heterocycles. The van der Waals surface area contributed by atoms with Gasteiger partial charge in [0, 0.05) is 12.6 Å². The van der Waals surface area contributed by atoms with Crippen LogP contribution >= 0.6 is 0 Å². The molecular formula is C19H24F3NO. The number of hydrogen-bond acceptors (Lipinski definition) is 1. The van der Waals surface area contributed by atoms with E-state index in [4.69, 9.17) is 0 Å². The molecular weight excluding hydrogens is 315 g/mol. The van der Waals surface area contributed by atoms with Crippen molar-refractivity contribution in [3.8, 4) is 0 Å². The fourth-order valence-electron chi connectivity index (χ4n) is 3.14. The summed E-state index contributed by atoms with van der Waals surface area (Å²) in [6.07, 6.45) is 4.27. The molecule has 24 heavy (non-hydrogen) atoms. The standard InChI is InChI=1S/C19H24F3NO/c1-2-14-6-8-16(9-7-14)13-23-18(24)11-10-15-4-3-5-17(12-15)19(20,21)22/h3-5,10-12,14,16H,2,6-9,13H2,1H3,(H,23,24)/b11-10+. The van der Waals surface area contributed by atoms with Crippen LogP contribution in [0.15, 0.2) is 30.3 Å². The van der Waals surface area contributed by atoms with Gasteiger partial charge in [-0.2, -0.15) is 13.2 Å². The van der Waals surface area contributed by atoms with Crippen LogP contribution in [0.5, 0.6) is 0 Å². The maximum Gasteiger partial charge on any atom is 0.416 e. The number of carbonyl (C=O) groups excluding carboxylic acids is 1. The lowest BCUT2D eigenvalue weighted by molar-refractivity contribution is -0.137. The third kappa shape index (κ3) is 5.69. The molecule has 0 unspecified atom stereocenters. The summed E-state index contributed by atoms with van der Waals surface area (Å²) in [5, 5.41) is 2.85. The number of hydrogen-bond donors (Lipinski definition) is 1. The molecule has 1 amide bonds. The monoisotopic (exact) mass is 339 g/mol. The Morgan fingerprint density at radius 1 is 1.21 bits per heavy atom. The van der Waals surface area contributed by atoms with Crippen molar-refractivity contribution in [2.75, 3.05) is 6.54 Å². The van der Waals surface area contributed by atoms with Gasteiger partial charge in [-0.3, -0.25) is 4.79 Å². The van der Waals surface area contributed by atoms with Gasteiger partial charge in [0.1, 0.15) is 0 Å². The van der Waals surface area contributed by atoms with Crippen molar-refractivity contribution in [3.63, 3.8) is 0 Å². The van der Waals surface area contributed by atoms with Gasteiger partial charge < -0.3 is 5.32 Å². The van der Waals surface area contributed by atoms with E-state index in [0.717, 1.165) is 30.9 Å². The van der Waals surface area contributed by atoms with Crippen LogP contribution in [0.25, 0.3) is 6.08 Å². The average molecular weight is 339 g/mol. The van der Waals surface area contributed by atoms with Gasteiger partial charge in [-0.05, 0) is 48.4 Å².